The van der Waals surface area contributed by atoms with Gasteiger partial charge in [0.05, 0.1) is 5.56 Å². The van der Waals surface area contributed by atoms with Crippen LogP contribution in [0.15, 0.2) is 12.3 Å². The largest absolute Gasteiger partial charge is 0.368 e. The maximum Gasteiger partial charge on any atom is 0.257 e. The van der Waals surface area contributed by atoms with Crippen LogP contribution in [0.1, 0.15) is 37.0 Å². The van der Waals surface area contributed by atoms with E-state index in [1.54, 1.807) is 4.90 Å². The molecule has 0 spiro atoms. The second kappa shape index (κ2) is 7.64. The molecule has 4 nitrogen and oxygen atoms in total. The average Bonchev–Trinajstić information content (AvgIpc) is 2.53. The lowest BCUT2D eigenvalue weighted by Gasteiger charge is -2.32. The summed E-state index contributed by atoms with van der Waals surface area (Å²) in [7, 11) is 0. The molecule has 1 atom stereocenters. The van der Waals surface area contributed by atoms with Crippen LogP contribution in [-0.2, 0) is 0 Å². The van der Waals surface area contributed by atoms with Crippen molar-refractivity contribution in [3.63, 3.8) is 0 Å². The summed E-state index contributed by atoms with van der Waals surface area (Å²) >= 11 is 1.89. The number of nitrogens with one attached hydrogen (secondary N) is 1. The molecule has 116 valence electrons. The summed E-state index contributed by atoms with van der Waals surface area (Å²) in [6.45, 7) is 6.13. The number of anilines is 1. The molecule has 1 aromatic heterocycles. The Morgan fingerprint density at radius 1 is 1.57 bits per heavy atom. The van der Waals surface area contributed by atoms with Crippen molar-refractivity contribution in [1.29, 1.82) is 0 Å². The molecule has 6 heteroatoms. The minimum absolute atomic E-state index is 0.116. The molecule has 1 aromatic rings. The van der Waals surface area contributed by atoms with Gasteiger partial charge in [0, 0.05) is 36.8 Å². The maximum absolute atomic E-state index is 14.4. The molecule has 0 radical (unpaired) electrons. The Hall–Kier alpha value is -1.30. The lowest BCUT2D eigenvalue weighted by molar-refractivity contribution is 0.0756. The van der Waals surface area contributed by atoms with Gasteiger partial charge < -0.3 is 10.2 Å². The number of thioether (sulfide) groups is 1. The number of rotatable bonds is 5. The fraction of sp³-hybridized carbons (Fsp3) is 0.600. The lowest BCUT2D eigenvalue weighted by Crippen LogP contribution is -2.42. The summed E-state index contributed by atoms with van der Waals surface area (Å²) in [5.74, 6) is 0.314. The van der Waals surface area contributed by atoms with Crippen molar-refractivity contribution in [1.82, 2.24) is 9.88 Å². The zero-order chi connectivity index (χ0) is 15.2. The third kappa shape index (κ3) is 3.87. The van der Waals surface area contributed by atoms with E-state index in [-0.39, 0.29) is 17.3 Å². The third-order valence-corrected chi connectivity index (χ3v) is 4.92. The van der Waals surface area contributed by atoms with Crippen LogP contribution in [0, 0.1) is 5.82 Å². The van der Waals surface area contributed by atoms with Crippen molar-refractivity contribution in [2.24, 2.45) is 0 Å². The molecule has 1 unspecified atom stereocenters. The second-order valence-electron chi connectivity index (χ2n) is 5.10. The molecule has 2 rings (SSSR count). The predicted octanol–water partition coefficient (Wildman–Crippen LogP) is 3.01. The number of halogens is 1. The highest BCUT2D eigenvalue weighted by molar-refractivity contribution is 8.00. The average molecular weight is 311 g/mol. The zero-order valence-electron chi connectivity index (χ0n) is 12.6. The van der Waals surface area contributed by atoms with Crippen LogP contribution in [0.2, 0.25) is 0 Å². The maximum atomic E-state index is 14.4. The fourth-order valence-corrected chi connectivity index (χ4v) is 3.48. The second-order valence-corrected chi connectivity index (χ2v) is 6.51. The smallest absolute Gasteiger partial charge is 0.257 e. The van der Waals surface area contributed by atoms with Crippen molar-refractivity contribution < 1.29 is 9.18 Å². The van der Waals surface area contributed by atoms with E-state index in [2.05, 4.69) is 17.2 Å². The Balaban J connectivity index is 2.15. The molecule has 1 saturated heterocycles. The Morgan fingerprint density at radius 2 is 2.38 bits per heavy atom. The van der Waals surface area contributed by atoms with E-state index in [1.165, 1.54) is 12.3 Å². The number of aromatic nitrogens is 1. The van der Waals surface area contributed by atoms with Crippen molar-refractivity contribution in [3.05, 3.63) is 23.6 Å². The fourth-order valence-electron chi connectivity index (χ4n) is 2.30. The van der Waals surface area contributed by atoms with E-state index in [4.69, 9.17) is 0 Å². The molecule has 1 aliphatic heterocycles. The van der Waals surface area contributed by atoms with E-state index in [0.29, 0.717) is 24.9 Å². The van der Waals surface area contributed by atoms with E-state index >= 15 is 0 Å². The number of amides is 1. The van der Waals surface area contributed by atoms with Gasteiger partial charge in [-0.15, -0.1) is 0 Å². The SMILES string of the molecule is CCCNc1nccc(C(=O)N2CCSC(CC)C2)c1F. The summed E-state index contributed by atoms with van der Waals surface area (Å²) in [6, 6.07) is 1.47. The summed E-state index contributed by atoms with van der Waals surface area (Å²) in [6.07, 6.45) is 3.39. The Labute approximate surface area is 129 Å². The minimum Gasteiger partial charge on any atom is -0.368 e. The lowest BCUT2D eigenvalue weighted by atomic mass is 10.2. The summed E-state index contributed by atoms with van der Waals surface area (Å²) < 4.78 is 14.4. The third-order valence-electron chi connectivity index (χ3n) is 3.54. The van der Waals surface area contributed by atoms with Crippen LogP contribution in [0.4, 0.5) is 10.2 Å². The highest BCUT2D eigenvalue weighted by Gasteiger charge is 2.26. The van der Waals surface area contributed by atoms with Gasteiger partial charge in [0.1, 0.15) is 0 Å². The molecule has 21 heavy (non-hydrogen) atoms. The van der Waals surface area contributed by atoms with Gasteiger partial charge in [0.2, 0.25) is 0 Å². The van der Waals surface area contributed by atoms with Gasteiger partial charge in [0.25, 0.3) is 5.91 Å². The van der Waals surface area contributed by atoms with Gasteiger partial charge in [-0.25, -0.2) is 9.37 Å². The van der Waals surface area contributed by atoms with Gasteiger partial charge in [-0.3, -0.25) is 4.79 Å². The zero-order valence-corrected chi connectivity index (χ0v) is 13.4. The molecule has 0 aromatic carbocycles. The van der Waals surface area contributed by atoms with E-state index in [9.17, 15) is 9.18 Å². The Morgan fingerprint density at radius 3 is 3.10 bits per heavy atom. The van der Waals surface area contributed by atoms with Gasteiger partial charge in [-0.2, -0.15) is 11.8 Å². The van der Waals surface area contributed by atoms with Gasteiger partial charge in [0.15, 0.2) is 11.6 Å². The number of pyridine rings is 1. The van der Waals surface area contributed by atoms with Crippen molar-refractivity contribution in [2.75, 3.05) is 30.7 Å². The molecule has 0 bridgehead atoms. The molecule has 0 aliphatic carbocycles. The highest BCUT2D eigenvalue weighted by atomic mass is 32.2. The first kappa shape index (κ1) is 16.1. The van der Waals surface area contributed by atoms with E-state index in [1.807, 2.05) is 18.7 Å². The van der Waals surface area contributed by atoms with Gasteiger partial charge >= 0.3 is 0 Å². The van der Waals surface area contributed by atoms with Crippen LogP contribution >= 0.6 is 11.8 Å². The first-order valence-electron chi connectivity index (χ1n) is 7.46. The Bertz CT molecular complexity index is 498. The van der Waals surface area contributed by atoms with Gasteiger partial charge in [-0.05, 0) is 18.9 Å². The molecule has 1 amide bonds. The van der Waals surface area contributed by atoms with Gasteiger partial charge in [-0.1, -0.05) is 13.8 Å². The molecular weight excluding hydrogens is 289 g/mol. The Kier molecular flexibility index (Phi) is 5.85. The highest BCUT2D eigenvalue weighted by Crippen LogP contribution is 2.24. The molecular formula is C15H22FN3OS. The summed E-state index contributed by atoms with van der Waals surface area (Å²) in [5.41, 5.74) is 0.116. The van der Waals surface area contributed by atoms with Crippen LogP contribution in [0.5, 0.6) is 0 Å². The topological polar surface area (TPSA) is 45.2 Å². The summed E-state index contributed by atoms with van der Waals surface area (Å²) in [4.78, 5) is 18.3. The quantitative estimate of drug-likeness (QED) is 0.908. The number of hydrogen-bond donors (Lipinski definition) is 1. The first-order valence-corrected chi connectivity index (χ1v) is 8.51. The first-order chi connectivity index (χ1) is 10.2. The van der Waals surface area contributed by atoms with Crippen molar-refractivity contribution in [3.8, 4) is 0 Å². The number of carbonyl (C=O) groups is 1. The number of carbonyl (C=O) groups excluding carboxylic acids is 1. The van der Waals surface area contributed by atoms with Crippen molar-refractivity contribution >= 4 is 23.5 Å². The molecule has 1 aliphatic rings. The van der Waals surface area contributed by atoms with Crippen LogP contribution < -0.4 is 5.32 Å². The number of nitrogens with zero attached hydrogens (tertiary/aromatic N) is 2. The van der Waals surface area contributed by atoms with Crippen LogP contribution in [0.25, 0.3) is 0 Å². The standard InChI is InChI=1S/C15H22FN3OS/c1-3-6-17-14-13(16)12(5-7-18-14)15(20)19-8-9-21-11(4-2)10-19/h5,7,11H,3-4,6,8-10H2,1-2H3,(H,17,18). The molecule has 1 N–H and O–H groups in total. The monoisotopic (exact) mass is 311 g/mol. The van der Waals surface area contributed by atoms with E-state index in [0.717, 1.165) is 18.6 Å². The minimum atomic E-state index is -0.540. The molecule has 0 saturated carbocycles. The van der Waals surface area contributed by atoms with E-state index < -0.39 is 5.82 Å². The molecule has 2 heterocycles. The normalized spacial score (nSPS) is 18.6. The van der Waals surface area contributed by atoms with Crippen LogP contribution in [-0.4, -0.2) is 46.4 Å². The predicted molar refractivity (Wildman–Crippen MR) is 85.4 cm³/mol. The van der Waals surface area contributed by atoms with Crippen LogP contribution in [0.3, 0.4) is 0 Å². The molecule has 1 fully saturated rings. The van der Waals surface area contributed by atoms with Crippen molar-refractivity contribution in [2.45, 2.75) is 31.9 Å². The summed E-state index contributed by atoms with van der Waals surface area (Å²) in [5, 5.41) is 3.37. The number of hydrogen-bond acceptors (Lipinski definition) is 4.